The molecular formula is C12H8AsBrO. The standard InChI is InChI=1S/C12H8AsBrO/c14-13-9-5-1-3-7-11(9)15-12-8-4-2-6-10(12)13/h1-8H. The Kier molecular flexibility index (Phi) is 2.34. The average Bonchev–Trinajstić information content (AvgIpc) is 2.30. The van der Waals surface area contributed by atoms with E-state index in [0.717, 1.165) is 11.5 Å². The van der Waals surface area contributed by atoms with E-state index in [-0.39, 0.29) is 0 Å². The summed E-state index contributed by atoms with van der Waals surface area (Å²) in [5.74, 6) is 2.01. The molecule has 0 saturated carbocycles. The maximum atomic E-state index is 5.85. The Hall–Kier alpha value is -0.722. The van der Waals surface area contributed by atoms with Crippen molar-refractivity contribution in [2.45, 2.75) is 0 Å². The van der Waals surface area contributed by atoms with Crippen LogP contribution in [0, 0.1) is 0 Å². The molecule has 0 aromatic heterocycles. The number of rotatable bonds is 0. The first-order chi connectivity index (χ1) is 7.36. The third kappa shape index (κ3) is 1.53. The fraction of sp³-hybridized carbons (Fsp3) is 0. The molecule has 0 radical (unpaired) electrons. The third-order valence-electron chi connectivity index (χ3n) is 2.37. The molecule has 3 rings (SSSR count). The number of fused-ring (bicyclic) bond motifs is 2. The van der Waals surface area contributed by atoms with Crippen LogP contribution in [0.25, 0.3) is 0 Å². The molecule has 1 aliphatic heterocycles. The van der Waals surface area contributed by atoms with Crippen LogP contribution in [0.15, 0.2) is 48.5 Å². The second-order valence-corrected chi connectivity index (χ2v) is 10.2. The summed E-state index contributed by atoms with van der Waals surface area (Å²) in [6, 6.07) is 16.5. The molecule has 0 atom stereocenters. The Morgan fingerprint density at radius 3 is 1.80 bits per heavy atom. The second-order valence-electron chi connectivity index (χ2n) is 3.32. The molecule has 1 heterocycles. The summed E-state index contributed by atoms with van der Waals surface area (Å²) in [5, 5.41) is 0. The monoisotopic (exact) mass is 322 g/mol. The van der Waals surface area contributed by atoms with Crippen molar-refractivity contribution < 1.29 is 4.74 Å². The molecular weight excluding hydrogens is 315 g/mol. The van der Waals surface area contributed by atoms with Gasteiger partial charge in [0.25, 0.3) is 0 Å². The number of ether oxygens (including phenoxy) is 1. The molecule has 0 amide bonds. The summed E-state index contributed by atoms with van der Waals surface area (Å²) in [6.07, 6.45) is 0. The van der Waals surface area contributed by atoms with Gasteiger partial charge in [-0.25, -0.2) is 0 Å². The van der Waals surface area contributed by atoms with Gasteiger partial charge in [-0.15, -0.1) is 0 Å². The number of hydrogen-bond donors (Lipinski definition) is 0. The van der Waals surface area contributed by atoms with Crippen LogP contribution in [0.5, 0.6) is 11.5 Å². The summed E-state index contributed by atoms with van der Waals surface area (Å²) < 4.78 is 8.53. The molecule has 0 fully saturated rings. The van der Waals surface area contributed by atoms with Gasteiger partial charge in [-0.05, 0) is 0 Å². The van der Waals surface area contributed by atoms with E-state index in [4.69, 9.17) is 4.74 Å². The first kappa shape index (κ1) is 9.50. The van der Waals surface area contributed by atoms with Gasteiger partial charge in [0.1, 0.15) is 0 Å². The van der Waals surface area contributed by atoms with Gasteiger partial charge in [0.15, 0.2) is 0 Å². The van der Waals surface area contributed by atoms with Crippen LogP contribution in [0.1, 0.15) is 0 Å². The number of para-hydroxylation sites is 2. The normalized spacial score (nSPS) is 13.9. The molecule has 3 heteroatoms. The summed E-state index contributed by atoms with van der Waals surface area (Å²) in [7, 11) is 0. The van der Waals surface area contributed by atoms with Gasteiger partial charge in [0, 0.05) is 0 Å². The molecule has 1 nitrogen and oxygen atoms in total. The van der Waals surface area contributed by atoms with Crippen LogP contribution < -0.4 is 13.4 Å². The molecule has 0 N–H and O–H groups in total. The molecule has 2 aromatic carbocycles. The van der Waals surface area contributed by atoms with Crippen LogP contribution >= 0.6 is 13.9 Å². The van der Waals surface area contributed by atoms with Gasteiger partial charge >= 0.3 is 100 Å². The van der Waals surface area contributed by atoms with Crippen molar-refractivity contribution in [1.29, 1.82) is 0 Å². The predicted molar refractivity (Wildman–Crippen MR) is 66.9 cm³/mol. The Morgan fingerprint density at radius 2 is 1.27 bits per heavy atom. The molecule has 0 aliphatic carbocycles. The Bertz CT molecular complexity index is 467. The maximum absolute atomic E-state index is 5.85. The van der Waals surface area contributed by atoms with Crippen LogP contribution in [0.2, 0.25) is 0 Å². The Balaban J connectivity index is 2.20. The molecule has 0 spiro atoms. The minimum absolute atomic E-state index is 1.01. The van der Waals surface area contributed by atoms with E-state index in [9.17, 15) is 0 Å². The van der Waals surface area contributed by atoms with Crippen LogP contribution in [-0.2, 0) is 0 Å². The number of halogens is 1. The second kappa shape index (κ2) is 3.69. The van der Waals surface area contributed by atoms with E-state index in [1.54, 1.807) is 0 Å². The summed E-state index contributed by atoms with van der Waals surface area (Å²) in [6.45, 7) is 0. The van der Waals surface area contributed by atoms with Crippen molar-refractivity contribution in [2.24, 2.45) is 0 Å². The zero-order chi connectivity index (χ0) is 10.3. The molecule has 0 bridgehead atoms. The Morgan fingerprint density at radius 1 is 0.800 bits per heavy atom. The van der Waals surface area contributed by atoms with Crippen molar-refractivity contribution in [3.63, 3.8) is 0 Å². The van der Waals surface area contributed by atoms with Crippen molar-refractivity contribution in [2.75, 3.05) is 0 Å². The molecule has 0 unspecified atom stereocenters. The average molecular weight is 323 g/mol. The fourth-order valence-corrected chi connectivity index (χ4v) is 7.48. The van der Waals surface area contributed by atoms with Crippen molar-refractivity contribution >= 4 is 35.4 Å². The van der Waals surface area contributed by atoms with Gasteiger partial charge in [0.05, 0.1) is 0 Å². The molecule has 1 aliphatic rings. The van der Waals surface area contributed by atoms with Crippen molar-refractivity contribution in [3.05, 3.63) is 48.5 Å². The van der Waals surface area contributed by atoms with E-state index in [1.807, 2.05) is 24.3 Å². The zero-order valence-electron chi connectivity index (χ0n) is 7.85. The number of hydrogen-bond acceptors (Lipinski definition) is 1. The first-order valence-corrected chi connectivity index (χ1v) is 11.0. The van der Waals surface area contributed by atoms with E-state index in [1.165, 1.54) is 8.70 Å². The molecule has 15 heavy (non-hydrogen) atoms. The van der Waals surface area contributed by atoms with Crippen LogP contribution in [0.4, 0.5) is 0 Å². The quantitative estimate of drug-likeness (QED) is 0.676. The van der Waals surface area contributed by atoms with Gasteiger partial charge in [-0.2, -0.15) is 0 Å². The van der Waals surface area contributed by atoms with Gasteiger partial charge in [0.2, 0.25) is 0 Å². The zero-order valence-corrected chi connectivity index (χ0v) is 11.3. The third-order valence-corrected chi connectivity index (χ3v) is 9.67. The van der Waals surface area contributed by atoms with Gasteiger partial charge in [-0.3, -0.25) is 0 Å². The molecule has 74 valence electrons. The summed E-state index contributed by atoms with van der Waals surface area (Å²) in [5.41, 5.74) is 0. The summed E-state index contributed by atoms with van der Waals surface area (Å²) in [4.78, 5) is 0. The van der Waals surface area contributed by atoms with Crippen molar-refractivity contribution in [3.8, 4) is 11.5 Å². The number of benzene rings is 2. The molecule has 2 aromatic rings. The minimum atomic E-state index is -1.27. The van der Waals surface area contributed by atoms with Gasteiger partial charge < -0.3 is 0 Å². The fourth-order valence-electron chi connectivity index (χ4n) is 1.66. The van der Waals surface area contributed by atoms with E-state index >= 15 is 0 Å². The first-order valence-electron chi connectivity index (χ1n) is 4.68. The van der Waals surface area contributed by atoms with E-state index in [2.05, 4.69) is 38.2 Å². The predicted octanol–water partition coefficient (Wildman–Crippen LogP) is 2.29. The molecule has 0 saturated heterocycles. The van der Waals surface area contributed by atoms with Gasteiger partial charge in [-0.1, -0.05) is 0 Å². The van der Waals surface area contributed by atoms with E-state index in [0.29, 0.717) is 0 Å². The topological polar surface area (TPSA) is 9.23 Å². The SMILES string of the molecule is Br[As]1c2ccccc2Oc2ccccc21. The van der Waals surface area contributed by atoms with Crippen LogP contribution in [0.3, 0.4) is 0 Å². The van der Waals surface area contributed by atoms with Crippen LogP contribution in [-0.4, -0.2) is 12.8 Å². The van der Waals surface area contributed by atoms with Crippen molar-refractivity contribution in [1.82, 2.24) is 0 Å². The summed E-state index contributed by atoms with van der Waals surface area (Å²) >= 11 is 2.58. The van der Waals surface area contributed by atoms with E-state index < -0.39 is 12.8 Å². The Labute approximate surface area is 99.9 Å².